The van der Waals surface area contributed by atoms with E-state index in [4.69, 9.17) is 9.47 Å². The van der Waals surface area contributed by atoms with Crippen molar-refractivity contribution < 1.29 is 22.3 Å². The van der Waals surface area contributed by atoms with Gasteiger partial charge < -0.3 is 9.47 Å². The molecule has 0 saturated carbocycles. The van der Waals surface area contributed by atoms with E-state index in [1.54, 1.807) is 6.07 Å². The highest BCUT2D eigenvalue weighted by atomic mass is 32.2. The minimum absolute atomic E-state index is 0.00552. The van der Waals surface area contributed by atoms with Crippen molar-refractivity contribution in [1.82, 2.24) is 4.72 Å². The van der Waals surface area contributed by atoms with E-state index >= 15 is 0 Å². The fourth-order valence-corrected chi connectivity index (χ4v) is 2.93. The second-order valence-corrected chi connectivity index (χ2v) is 6.24. The van der Waals surface area contributed by atoms with E-state index in [0.29, 0.717) is 17.1 Å². The number of nitrogens with one attached hydrogen (secondary N) is 1. The van der Waals surface area contributed by atoms with Crippen LogP contribution in [0.3, 0.4) is 0 Å². The maximum absolute atomic E-state index is 13.1. The molecule has 0 fully saturated rings. The number of benzene rings is 2. The van der Waals surface area contributed by atoms with Gasteiger partial charge in [0, 0.05) is 12.6 Å². The summed E-state index contributed by atoms with van der Waals surface area (Å²) in [6.07, 6.45) is 0. The lowest BCUT2D eigenvalue weighted by Crippen LogP contribution is -2.23. The number of hydrogen-bond donors (Lipinski definition) is 1. The lowest BCUT2D eigenvalue weighted by atomic mass is 10.2. The van der Waals surface area contributed by atoms with Gasteiger partial charge in [0.1, 0.15) is 5.82 Å². The van der Waals surface area contributed by atoms with Gasteiger partial charge in [-0.25, -0.2) is 17.5 Å². The van der Waals surface area contributed by atoms with E-state index in [2.05, 4.69) is 4.72 Å². The Morgan fingerprint density at radius 2 is 1.77 bits per heavy atom. The topological polar surface area (TPSA) is 64.6 Å². The number of rotatable bonds is 6. The number of hydrogen-bond acceptors (Lipinski definition) is 4. The fourth-order valence-electron chi connectivity index (χ4n) is 1.89. The van der Waals surface area contributed by atoms with Gasteiger partial charge in [0.2, 0.25) is 10.0 Å². The molecule has 0 unspecified atom stereocenters. The Labute approximate surface area is 128 Å². The molecule has 0 bridgehead atoms. The normalized spacial score (nSPS) is 11.2. The molecule has 0 spiro atoms. The molecular formula is C15H16FNO4S. The van der Waals surface area contributed by atoms with Gasteiger partial charge in [-0.05, 0) is 29.8 Å². The first-order valence-electron chi connectivity index (χ1n) is 6.42. The van der Waals surface area contributed by atoms with Crippen molar-refractivity contribution in [2.24, 2.45) is 0 Å². The fraction of sp³-hybridized carbons (Fsp3) is 0.200. The first kappa shape index (κ1) is 16.3. The van der Waals surface area contributed by atoms with Crippen LogP contribution in [-0.4, -0.2) is 22.6 Å². The second-order valence-electron chi connectivity index (χ2n) is 4.47. The molecule has 0 atom stereocenters. The van der Waals surface area contributed by atoms with E-state index in [9.17, 15) is 12.8 Å². The van der Waals surface area contributed by atoms with Gasteiger partial charge in [-0.15, -0.1) is 0 Å². The Hall–Kier alpha value is -2.12. The van der Waals surface area contributed by atoms with Gasteiger partial charge in [0.25, 0.3) is 0 Å². The average molecular weight is 325 g/mol. The third-order valence-corrected chi connectivity index (χ3v) is 4.42. The summed E-state index contributed by atoms with van der Waals surface area (Å²) in [6, 6.07) is 10.0. The van der Waals surface area contributed by atoms with Crippen LogP contribution >= 0.6 is 0 Å². The zero-order chi connectivity index (χ0) is 16.2. The Morgan fingerprint density at radius 1 is 1.05 bits per heavy atom. The molecule has 118 valence electrons. The molecule has 5 nitrogen and oxygen atoms in total. The van der Waals surface area contributed by atoms with E-state index < -0.39 is 15.8 Å². The molecule has 0 radical (unpaired) electrons. The second kappa shape index (κ2) is 6.76. The number of ether oxygens (including phenoxy) is 2. The molecule has 2 rings (SSSR count). The molecular weight excluding hydrogens is 309 g/mol. The van der Waals surface area contributed by atoms with Gasteiger partial charge in [-0.2, -0.15) is 0 Å². The van der Waals surface area contributed by atoms with Crippen LogP contribution in [0.15, 0.2) is 47.4 Å². The van der Waals surface area contributed by atoms with E-state index in [1.807, 2.05) is 0 Å². The number of methoxy groups -OCH3 is 2. The van der Waals surface area contributed by atoms with Gasteiger partial charge in [-0.1, -0.05) is 12.1 Å². The highest BCUT2D eigenvalue weighted by Crippen LogP contribution is 2.29. The molecule has 22 heavy (non-hydrogen) atoms. The van der Waals surface area contributed by atoms with Gasteiger partial charge >= 0.3 is 0 Å². The summed E-state index contributed by atoms with van der Waals surface area (Å²) in [7, 11) is -0.845. The van der Waals surface area contributed by atoms with E-state index in [1.165, 1.54) is 50.6 Å². The number of halogens is 1. The zero-order valence-corrected chi connectivity index (χ0v) is 13.0. The summed E-state index contributed by atoms with van der Waals surface area (Å²) in [6.45, 7) is -0.00552. The van der Waals surface area contributed by atoms with Crippen LogP contribution in [-0.2, 0) is 16.6 Å². The third-order valence-electron chi connectivity index (χ3n) is 3.02. The van der Waals surface area contributed by atoms with E-state index in [0.717, 1.165) is 0 Å². The van der Waals surface area contributed by atoms with Crippen LogP contribution < -0.4 is 14.2 Å². The van der Waals surface area contributed by atoms with Gasteiger partial charge in [0.15, 0.2) is 11.5 Å². The summed E-state index contributed by atoms with van der Waals surface area (Å²) in [5.74, 6) is 0.338. The average Bonchev–Trinajstić information content (AvgIpc) is 2.52. The lowest BCUT2D eigenvalue weighted by Gasteiger charge is -2.11. The smallest absolute Gasteiger partial charge is 0.241 e. The molecule has 2 aromatic rings. The molecule has 0 aliphatic heterocycles. The first-order valence-corrected chi connectivity index (χ1v) is 7.90. The van der Waals surface area contributed by atoms with Crippen molar-refractivity contribution in [1.29, 1.82) is 0 Å². The molecule has 7 heteroatoms. The maximum Gasteiger partial charge on any atom is 0.241 e. The Balaban J connectivity index is 2.20. The molecule has 0 saturated heterocycles. The summed E-state index contributed by atoms with van der Waals surface area (Å²) < 4.78 is 50.2. The predicted molar refractivity (Wildman–Crippen MR) is 80.0 cm³/mol. The molecule has 0 aliphatic rings. The lowest BCUT2D eigenvalue weighted by molar-refractivity contribution is 0.354. The van der Waals surface area contributed by atoms with Gasteiger partial charge in [0.05, 0.1) is 19.1 Å². The van der Waals surface area contributed by atoms with Crippen LogP contribution in [0, 0.1) is 5.82 Å². The SMILES string of the molecule is COc1ccc(S(=O)(=O)NCc2cccc(F)c2)cc1OC. The summed E-state index contributed by atoms with van der Waals surface area (Å²) >= 11 is 0. The van der Waals surface area contributed by atoms with Crippen LogP contribution in [0.4, 0.5) is 4.39 Å². The standard InChI is InChI=1S/C15H16FNO4S/c1-20-14-7-6-13(9-15(14)21-2)22(18,19)17-10-11-4-3-5-12(16)8-11/h3-9,17H,10H2,1-2H3. The molecule has 2 aromatic carbocycles. The molecule has 1 N–H and O–H groups in total. The van der Waals surface area contributed by atoms with Crippen molar-refractivity contribution >= 4 is 10.0 Å². The quantitative estimate of drug-likeness (QED) is 0.885. The van der Waals surface area contributed by atoms with E-state index in [-0.39, 0.29) is 11.4 Å². The van der Waals surface area contributed by atoms with Crippen LogP contribution in [0.25, 0.3) is 0 Å². The number of sulfonamides is 1. The van der Waals surface area contributed by atoms with Crippen molar-refractivity contribution in [2.75, 3.05) is 14.2 Å². The highest BCUT2D eigenvalue weighted by molar-refractivity contribution is 7.89. The van der Waals surface area contributed by atoms with Crippen molar-refractivity contribution in [3.8, 4) is 11.5 Å². The molecule has 0 aromatic heterocycles. The van der Waals surface area contributed by atoms with Gasteiger partial charge in [-0.3, -0.25) is 0 Å². The Kier molecular flexibility index (Phi) is 4.99. The minimum Gasteiger partial charge on any atom is -0.493 e. The Bertz CT molecular complexity index is 762. The summed E-state index contributed by atoms with van der Waals surface area (Å²) in [5, 5.41) is 0. The van der Waals surface area contributed by atoms with Crippen LogP contribution in [0.1, 0.15) is 5.56 Å². The molecule has 0 heterocycles. The minimum atomic E-state index is -3.74. The van der Waals surface area contributed by atoms with Crippen molar-refractivity contribution in [3.63, 3.8) is 0 Å². The van der Waals surface area contributed by atoms with Crippen molar-refractivity contribution in [2.45, 2.75) is 11.4 Å². The van der Waals surface area contributed by atoms with Crippen LogP contribution in [0.5, 0.6) is 11.5 Å². The summed E-state index contributed by atoms with van der Waals surface area (Å²) in [4.78, 5) is 0.0431. The van der Waals surface area contributed by atoms with Crippen molar-refractivity contribution in [3.05, 3.63) is 53.8 Å². The first-order chi connectivity index (χ1) is 10.5. The predicted octanol–water partition coefficient (Wildman–Crippen LogP) is 2.32. The Morgan fingerprint density at radius 3 is 2.41 bits per heavy atom. The monoisotopic (exact) mass is 325 g/mol. The third kappa shape index (κ3) is 3.75. The molecule has 0 amide bonds. The molecule has 0 aliphatic carbocycles. The summed E-state index contributed by atoms with van der Waals surface area (Å²) in [5.41, 5.74) is 0.532. The van der Waals surface area contributed by atoms with Crippen LogP contribution in [0.2, 0.25) is 0 Å². The largest absolute Gasteiger partial charge is 0.493 e. The maximum atomic E-state index is 13.1. The highest BCUT2D eigenvalue weighted by Gasteiger charge is 2.16. The zero-order valence-electron chi connectivity index (χ0n) is 12.2.